The van der Waals surface area contributed by atoms with Crippen molar-refractivity contribution in [3.63, 3.8) is 0 Å². The Morgan fingerprint density at radius 3 is 2.58 bits per heavy atom. The summed E-state index contributed by atoms with van der Waals surface area (Å²) in [6.07, 6.45) is 2.37. The number of ether oxygens (including phenoxy) is 1. The molecule has 0 radical (unpaired) electrons. The highest BCUT2D eigenvalue weighted by Crippen LogP contribution is 2.12. The van der Waals surface area contributed by atoms with E-state index in [9.17, 15) is 0 Å². The number of hydrogen-bond acceptors (Lipinski definition) is 3. The lowest BCUT2D eigenvalue weighted by molar-refractivity contribution is 0.167. The van der Waals surface area contributed by atoms with Gasteiger partial charge >= 0.3 is 0 Å². The molecule has 1 aliphatic heterocycles. The molecule has 0 aliphatic carbocycles. The zero-order chi connectivity index (χ0) is 14.1. The van der Waals surface area contributed by atoms with E-state index in [0.717, 1.165) is 12.5 Å². The fourth-order valence-corrected chi connectivity index (χ4v) is 2.32. The zero-order valence-electron chi connectivity index (χ0n) is 12.9. The average molecular weight is 270 g/mol. The molecule has 0 atom stereocenters. The molecule has 1 fully saturated rings. The molecule has 19 heavy (non-hydrogen) atoms. The Bertz CT molecular complexity index is 260. The van der Waals surface area contributed by atoms with Crippen LogP contribution in [0.1, 0.15) is 33.6 Å². The normalized spacial score (nSPS) is 18.9. The first-order chi connectivity index (χ1) is 9.17. The Labute approximate surface area is 117 Å². The van der Waals surface area contributed by atoms with E-state index in [2.05, 4.69) is 41.3 Å². The molecule has 1 heterocycles. The summed E-state index contributed by atoms with van der Waals surface area (Å²) in [5.41, 5.74) is 0. The Morgan fingerprint density at radius 2 is 2.05 bits per heavy atom. The van der Waals surface area contributed by atoms with Crippen molar-refractivity contribution >= 4 is 5.96 Å². The van der Waals surface area contributed by atoms with Crippen LogP contribution in [-0.4, -0.2) is 62.8 Å². The third-order valence-corrected chi connectivity index (χ3v) is 3.51. The van der Waals surface area contributed by atoms with Crippen LogP contribution in [0, 0.1) is 0 Å². The molecule has 0 unspecified atom stereocenters. The van der Waals surface area contributed by atoms with Gasteiger partial charge in [0.25, 0.3) is 0 Å². The van der Waals surface area contributed by atoms with Crippen LogP contribution in [0.25, 0.3) is 0 Å². The fraction of sp³-hybridized carbons (Fsp3) is 0.929. The van der Waals surface area contributed by atoms with Gasteiger partial charge in [-0.25, -0.2) is 0 Å². The van der Waals surface area contributed by atoms with Crippen LogP contribution in [0.15, 0.2) is 4.99 Å². The van der Waals surface area contributed by atoms with Crippen LogP contribution in [0.4, 0.5) is 0 Å². The minimum absolute atomic E-state index is 0.537. The first-order valence-corrected chi connectivity index (χ1v) is 7.45. The summed E-state index contributed by atoms with van der Waals surface area (Å²) in [6, 6.07) is 1.19. The van der Waals surface area contributed by atoms with Crippen LogP contribution in [0.5, 0.6) is 0 Å². The maximum absolute atomic E-state index is 5.03. The number of rotatable bonds is 6. The van der Waals surface area contributed by atoms with E-state index in [4.69, 9.17) is 4.74 Å². The second-order valence-electron chi connectivity index (χ2n) is 5.30. The van der Waals surface area contributed by atoms with Gasteiger partial charge in [0.15, 0.2) is 5.96 Å². The van der Waals surface area contributed by atoms with Gasteiger partial charge in [0, 0.05) is 38.8 Å². The molecule has 0 aromatic rings. The lowest BCUT2D eigenvalue weighted by atomic mass is 10.0. The predicted molar refractivity (Wildman–Crippen MR) is 80.7 cm³/mol. The van der Waals surface area contributed by atoms with Crippen molar-refractivity contribution in [2.75, 3.05) is 39.9 Å². The van der Waals surface area contributed by atoms with Crippen molar-refractivity contribution < 1.29 is 4.74 Å². The van der Waals surface area contributed by atoms with Gasteiger partial charge in [-0.05, 0) is 33.6 Å². The largest absolute Gasteiger partial charge is 0.383 e. The van der Waals surface area contributed by atoms with Crippen molar-refractivity contribution in [2.24, 2.45) is 4.99 Å². The number of aliphatic imine (C=N–C) groups is 1. The van der Waals surface area contributed by atoms with Gasteiger partial charge in [0.2, 0.25) is 0 Å². The number of methoxy groups -OCH3 is 1. The van der Waals surface area contributed by atoms with Crippen molar-refractivity contribution in [3.8, 4) is 0 Å². The Kier molecular flexibility index (Phi) is 7.82. The summed E-state index contributed by atoms with van der Waals surface area (Å²) in [4.78, 5) is 7.04. The van der Waals surface area contributed by atoms with Crippen LogP contribution in [-0.2, 0) is 4.74 Å². The summed E-state index contributed by atoms with van der Waals surface area (Å²) in [7, 11) is 1.71. The number of likely N-dealkylation sites (tertiary alicyclic amines) is 1. The molecule has 0 aromatic carbocycles. The lowest BCUT2D eigenvalue weighted by Crippen LogP contribution is -2.49. The van der Waals surface area contributed by atoms with Crippen LogP contribution in [0.3, 0.4) is 0 Å². The third kappa shape index (κ3) is 6.25. The quantitative estimate of drug-likeness (QED) is 0.430. The van der Waals surface area contributed by atoms with E-state index in [-0.39, 0.29) is 0 Å². The van der Waals surface area contributed by atoms with Gasteiger partial charge < -0.3 is 20.3 Å². The van der Waals surface area contributed by atoms with Gasteiger partial charge in [-0.1, -0.05) is 0 Å². The number of piperidine rings is 1. The molecule has 0 spiro atoms. The highest BCUT2D eigenvalue weighted by molar-refractivity contribution is 5.80. The summed E-state index contributed by atoms with van der Waals surface area (Å²) in [5, 5.41) is 6.82. The lowest BCUT2D eigenvalue weighted by Gasteiger charge is -2.35. The highest BCUT2D eigenvalue weighted by atomic mass is 16.5. The van der Waals surface area contributed by atoms with E-state index in [1.165, 1.54) is 25.9 Å². The second kappa shape index (κ2) is 9.15. The van der Waals surface area contributed by atoms with Crippen LogP contribution >= 0.6 is 0 Å². The highest BCUT2D eigenvalue weighted by Gasteiger charge is 2.21. The molecular formula is C14H30N4O. The number of nitrogens with one attached hydrogen (secondary N) is 2. The van der Waals surface area contributed by atoms with Gasteiger partial charge in [-0.3, -0.25) is 4.99 Å². The summed E-state index contributed by atoms with van der Waals surface area (Å²) < 4.78 is 5.03. The summed E-state index contributed by atoms with van der Waals surface area (Å²) in [5.74, 6) is 0.919. The Hall–Kier alpha value is -0.810. The zero-order valence-corrected chi connectivity index (χ0v) is 12.9. The Morgan fingerprint density at radius 1 is 1.37 bits per heavy atom. The van der Waals surface area contributed by atoms with Gasteiger partial charge in [0.05, 0.1) is 13.2 Å². The molecule has 5 nitrogen and oxygen atoms in total. The molecule has 5 heteroatoms. The number of hydrogen-bond donors (Lipinski definition) is 2. The van der Waals surface area contributed by atoms with Gasteiger partial charge in [-0.2, -0.15) is 0 Å². The Balaban J connectivity index is 2.36. The molecule has 1 saturated heterocycles. The van der Waals surface area contributed by atoms with Crippen molar-refractivity contribution in [1.82, 2.24) is 15.5 Å². The molecule has 2 N–H and O–H groups in total. The first kappa shape index (κ1) is 16.2. The van der Waals surface area contributed by atoms with E-state index in [1.54, 1.807) is 7.11 Å². The minimum Gasteiger partial charge on any atom is -0.383 e. The first-order valence-electron chi connectivity index (χ1n) is 7.45. The number of guanidine groups is 1. The maximum Gasteiger partial charge on any atom is 0.191 e. The van der Waals surface area contributed by atoms with Crippen molar-refractivity contribution in [3.05, 3.63) is 0 Å². The topological polar surface area (TPSA) is 48.9 Å². The SMILES string of the molecule is CCNC(=NCCOC)NC1CCN(C(C)C)CC1. The second-order valence-corrected chi connectivity index (χ2v) is 5.30. The summed E-state index contributed by atoms with van der Waals surface area (Å²) >= 11 is 0. The van der Waals surface area contributed by atoms with E-state index >= 15 is 0 Å². The molecule has 0 saturated carbocycles. The minimum atomic E-state index is 0.537. The fourth-order valence-electron chi connectivity index (χ4n) is 2.32. The summed E-state index contributed by atoms with van der Waals surface area (Å²) in [6.45, 7) is 11.2. The van der Waals surface area contributed by atoms with E-state index < -0.39 is 0 Å². The molecule has 1 rings (SSSR count). The molecule has 0 aromatic heterocycles. The smallest absolute Gasteiger partial charge is 0.191 e. The molecule has 112 valence electrons. The predicted octanol–water partition coefficient (Wildman–Crippen LogP) is 1.06. The molecule has 0 amide bonds. The molecule has 0 bridgehead atoms. The van der Waals surface area contributed by atoms with Crippen molar-refractivity contribution in [1.29, 1.82) is 0 Å². The van der Waals surface area contributed by atoms with Crippen LogP contribution in [0.2, 0.25) is 0 Å². The van der Waals surface area contributed by atoms with E-state index in [0.29, 0.717) is 25.2 Å². The van der Waals surface area contributed by atoms with E-state index in [1.807, 2.05) is 0 Å². The van der Waals surface area contributed by atoms with Crippen LogP contribution < -0.4 is 10.6 Å². The number of nitrogens with zero attached hydrogens (tertiary/aromatic N) is 2. The third-order valence-electron chi connectivity index (χ3n) is 3.51. The molecular weight excluding hydrogens is 240 g/mol. The average Bonchev–Trinajstić information content (AvgIpc) is 2.40. The maximum atomic E-state index is 5.03. The molecule has 1 aliphatic rings. The monoisotopic (exact) mass is 270 g/mol. The standard InChI is InChI=1S/C14H30N4O/c1-5-15-14(16-8-11-19-4)17-13-6-9-18(10-7-13)12(2)3/h12-13H,5-11H2,1-4H3,(H2,15,16,17). The van der Waals surface area contributed by atoms with Crippen molar-refractivity contribution in [2.45, 2.75) is 45.7 Å². The van der Waals surface area contributed by atoms with Gasteiger partial charge in [-0.15, -0.1) is 0 Å². The van der Waals surface area contributed by atoms with Gasteiger partial charge in [0.1, 0.15) is 0 Å².